The lowest BCUT2D eigenvalue weighted by atomic mass is 9.89. The lowest BCUT2D eigenvalue weighted by Crippen LogP contribution is -2.22. The number of rotatable bonds is 5. The van der Waals surface area contributed by atoms with Crippen molar-refractivity contribution in [1.82, 2.24) is 0 Å². The quantitative estimate of drug-likeness (QED) is 0.659. The molecule has 0 radical (unpaired) electrons. The summed E-state index contributed by atoms with van der Waals surface area (Å²) in [6.07, 6.45) is 0.101. The van der Waals surface area contributed by atoms with Crippen molar-refractivity contribution in [2.24, 2.45) is 11.8 Å². The maximum atomic E-state index is 11.1. The Morgan fingerprint density at radius 3 is 2.56 bits per heavy atom. The number of halogens is 1. The minimum absolute atomic E-state index is 0.0914. The molecule has 0 saturated carbocycles. The van der Waals surface area contributed by atoms with E-state index in [9.17, 15) is 14.9 Å². The van der Waals surface area contributed by atoms with Crippen molar-refractivity contribution < 1.29 is 14.8 Å². The van der Waals surface area contributed by atoms with Crippen LogP contribution >= 0.6 is 11.6 Å². The molecule has 0 fully saturated rings. The van der Waals surface area contributed by atoms with Gasteiger partial charge in [0.25, 0.3) is 5.69 Å². The molecule has 1 atom stereocenters. The van der Waals surface area contributed by atoms with Crippen molar-refractivity contribution in [2.75, 3.05) is 0 Å². The van der Waals surface area contributed by atoms with Crippen LogP contribution in [0.3, 0.4) is 0 Å². The average Bonchev–Trinajstić information content (AvgIpc) is 2.24. The molecule has 1 N–H and O–H groups in total. The molecule has 0 aliphatic carbocycles. The van der Waals surface area contributed by atoms with E-state index in [0.717, 1.165) is 0 Å². The highest BCUT2D eigenvalue weighted by Gasteiger charge is 2.25. The van der Waals surface area contributed by atoms with Crippen molar-refractivity contribution in [3.8, 4) is 0 Å². The first-order valence-electron chi connectivity index (χ1n) is 5.48. The van der Waals surface area contributed by atoms with Crippen molar-refractivity contribution in [3.63, 3.8) is 0 Å². The summed E-state index contributed by atoms with van der Waals surface area (Å²) in [5.41, 5.74) is 0.264. The number of hydrogen-bond acceptors (Lipinski definition) is 3. The van der Waals surface area contributed by atoms with Crippen molar-refractivity contribution >= 4 is 23.3 Å². The second-order valence-electron chi connectivity index (χ2n) is 4.42. The van der Waals surface area contributed by atoms with E-state index >= 15 is 0 Å². The Labute approximate surface area is 110 Å². The van der Waals surface area contributed by atoms with E-state index in [1.165, 1.54) is 18.2 Å². The fraction of sp³-hybridized carbons (Fsp3) is 0.417. The number of benzene rings is 1. The standard InChI is InChI=1S/C12H14ClNO4/c1-7(2)10(12(15)16)6-8-5-9(13)3-4-11(8)14(17)18/h3-5,7,10H,6H2,1-2H3,(H,15,16). The first kappa shape index (κ1) is 14.4. The van der Waals surface area contributed by atoms with Gasteiger partial charge in [-0.3, -0.25) is 14.9 Å². The van der Waals surface area contributed by atoms with E-state index < -0.39 is 16.8 Å². The molecule has 1 rings (SSSR count). The number of aliphatic carboxylic acids is 1. The lowest BCUT2D eigenvalue weighted by molar-refractivity contribution is -0.385. The molecular formula is C12H14ClNO4. The number of carboxylic acid groups (broad SMARTS) is 1. The maximum absolute atomic E-state index is 11.1. The number of carbonyl (C=O) groups is 1. The zero-order chi connectivity index (χ0) is 13.9. The first-order chi connectivity index (χ1) is 8.32. The zero-order valence-electron chi connectivity index (χ0n) is 10.1. The molecule has 1 unspecified atom stereocenters. The summed E-state index contributed by atoms with van der Waals surface area (Å²) in [6.45, 7) is 3.55. The second kappa shape index (κ2) is 5.82. The van der Waals surface area contributed by atoms with E-state index in [1.807, 2.05) is 0 Å². The van der Waals surface area contributed by atoms with Crippen LogP contribution < -0.4 is 0 Å². The smallest absolute Gasteiger partial charge is 0.307 e. The van der Waals surface area contributed by atoms with Gasteiger partial charge in [-0.2, -0.15) is 0 Å². The first-order valence-corrected chi connectivity index (χ1v) is 5.86. The fourth-order valence-corrected chi connectivity index (χ4v) is 1.94. The van der Waals surface area contributed by atoms with Gasteiger partial charge in [0, 0.05) is 16.7 Å². The van der Waals surface area contributed by atoms with Crippen LogP contribution in [0.25, 0.3) is 0 Å². The predicted molar refractivity (Wildman–Crippen MR) is 67.8 cm³/mol. The Morgan fingerprint density at radius 2 is 2.11 bits per heavy atom. The van der Waals surface area contributed by atoms with E-state index in [4.69, 9.17) is 16.7 Å². The topological polar surface area (TPSA) is 80.4 Å². The van der Waals surface area contributed by atoms with Gasteiger partial charge in [-0.15, -0.1) is 0 Å². The molecule has 18 heavy (non-hydrogen) atoms. The molecule has 0 aromatic heterocycles. The third kappa shape index (κ3) is 3.43. The minimum Gasteiger partial charge on any atom is -0.481 e. The third-order valence-corrected chi connectivity index (χ3v) is 3.04. The molecule has 0 spiro atoms. The number of nitrogens with zero attached hydrogens (tertiary/aromatic N) is 1. The number of nitro benzene ring substituents is 1. The molecule has 0 saturated heterocycles. The van der Waals surface area contributed by atoms with Gasteiger partial charge in [0.15, 0.2) is 0 Å². The molecule has 6 heteroatoms. The maximum Gasteiger partial charge on any atom is 0.307 e. The summed E-state index contributed by atoms with van der Waals surface area (Å²) in [5, 5.41) is 20.3. The van der Waals surface area contributed by atoms with E-state index in [-0.39, 0.29) is 18.0 Å². The summed E-state index contributed by atoms with van der Waals surface area (Å²) in [6, 6.07) is 4.18. The van der Waals surface area contributed by atoms with Crippen LogP contribution in [-0.4, -0.2) is 16.0 Å². The van der Waals surface area contributed by atoms with Crippen molar-refractivity contribution in [2.45, 2.75) is 20.3 Å². The Morgan fingerprint density at radius 1 is 1.50 bits per heavy atom. The molecule has 98 valence electrons. The third-order valence-electron chi connectivity index (χ3n) is 2.80. The average molecular weight is 272 g/mol. The molecule has 0 bridgehead atoms. The highest BCUT2D eigenvalue weighted by Crippen LogP contribution is 2.27. The molecule has 0 aliphatic rings. The van der Waals surface area contributed by atoms with Crippen LogP contribution in [-0.2, 0) is 11.2 Å². The molecule has 1 aromatic rings. The molecule has 0 heterocycles. The molecule has 5 nitrogen and oxygen atoms in total. The van der Waals surface area contributed by atoms with Crippen LogP contribution in [0.1, 0.15) is 19.4 Å². The Hall–Kier alpha value is -1.62. The van der Waals surface area contributed by atoms with Gasteiger partial charge in [-0.05, 0) is 24.5 Å². The van der Waals surface area contributed by atoms with Crippen LogP contribution in [0.15, 0.2) is 18.2 Å². The Kier molecular flexibility index (Phi) is 4.67. The van der Waals surface area contributed by atoms with Crippen LogP contribution in [0, 0.1) is 22.0 Å². The van der Waals surface area contributed by atoms with Crippen molar-refractivity contribution in [3.05, 3.63) is 38.9 Å². The van der Waals surface area contributed by atoms with Gasteiger partial charge in [-0.1, -0.05) is 25.4 Å². The van der Waals surface area contributed by atoms with Gasteiger partial charge in [0.1, 0.15) is 0 Å². The predicted octanol–water partition coefficient (Wildman–Crippen LogP) is 3.15. The summed E-state index contributed by atoms with van der Waals surface area (Å²) in [4.78, 5) is 21.5. The Bertz CT molecular complexity index is 473. The fourth-order valence-electron chi connectivity index (χ4n) is 1.74. The van der Waals surface area contributed by atoms with Gasteiger partial charge in [0.05, 0.1) is 10.8 Å². The number of nitro groups is 1. The summed E-state index contributed by atoms with van der Waals surface area (Å²) in [5.74, 6) is -1.73. The molecular weight excluding hydrogens is 258 g/mol. The molecule has 0 amide bonds. The van der Waals surface area contributed by atoms with Gasteiger partial charge in [0.2, 0.25) is 0 Å². The summed E-state index contributed by atoms with van der Waals surface area (Å²) < 4.78 is 0. The lowest BCUT2D eigenvalue weighted by Gasteiger charge is -2.16. The molecule has 0 aliphatic heterocycles. The number of hydrogen-bond donors (Lipinski definition) is 1. The van der Waals surface area contributed by atoms with Crippen LogP contribution in [0.2, 0.25) is 5.02 Å². The minimum atomic E-state index is -0.959. The highest BCUT2D eigenvalue weighted by molar-refractivity contribution is 6.30. The van der Waals surface area contributed by atoms with E-state index in [1.54, 1.807) is 13.8 Å². The zero-order valence-corrected chi connectivity index (χ0v) is 10.8. The number of carboxylic acids is 1. The summed E-state index contributed by atoms with van der Waals surface area (Å²) >= 11 is 5.79. The SMILES string of the molecule is CC(C)C(Cc1cc(Cl)ccc1[N+](=O)[O-])C(=O)O. The Balaban J connectivity index is 3.12. The van der Waals surface area contributed by atoms with E-state index in [0.29, 0.717) is 10.6 Å². The van der Waals surface area contributed by atoms with Gasteiger partial charge in [-0.25, -0.2) is 0 Å². The van der Waals surface area contributed by atoms with Gasteiger partial charge >= 0.3 is 5.97 Å². The molecule has 1 aromatic carbocycles. The summed E-state index contributed by atoms with van der Waals surface area (Å²) in [7, 11) is 0. The van der Waals surface area contributed by atoms with Crippen LogP contribution in [0.4, 0.5) is 5.69 Å². The second-order valence-corrected chi connectivity index (χ2v) is 4.86. The largest absolute Gasteiger partial charge is 0.481 e. The van der Waals surface area contributed by atoms with Crippen LogP contribution in [0.5, 0.6) is 0 Å². The normalized spacial score (nSPS) is 12.4. The highest BCUT2D eigenvalue weighted by atomic mass is 35.5. The van der Waals surface area contributed by atoms with Crippen molar-refractivity contribution in [1.29, 1.82) is 0 Å². The monoisotopic (exact) mass is 271 g/mol. The van der Waals surface area contributed by atoms with E-state index in [2.05, 4.69) is 0 Å². The van der Waals surface area contributed by atoms with Gasteiger partial charge < -0.3 is 5.11 Å².